The van der Waals surface area contributed by atoms with Gasteiger partial charge in [0.15, 0.2) is 0 Å². The number of rotatable bonds is 8. The molecular weight excluding hydrogens is 308 g/mol. The summed E-state index contributed by atoms with van der Waals surface area (Å²) in [7, 11) is 1.60. The van der Waals surface area contributed by atoms with Crippen molar-refractivity contribution in [1.29, 1.82) is 0 Å². The van der Waals surface area contributed by atoms with Crippen molar-refractivity contribution in [3.63, 3.8) is 0 Å². The number of amides is 1. The van der Waals surface area contributed by atoms with Crippen molar-refractivity contribution in [2.75, 3.05) is 24.4 Å². The summed E-state index contributed by atoms with van der Waals surface area (Å²) in [5.41, 5.74) is 0. The minimum Gasteiger partial charge on any atom is -0.377 e. The van der Waals surface area contributed by atoms with E-state index in [1.807, 2.05) is 35.3 Å². The van der Waals surface area contributed by atoms with Crippen molar-refractivity contribution < 1.29 is 9.53 Å². The zero-order valence-corrected chi connectivity index (χ0v) is 13.6. The molecule has 8 heteroatoms. The van der Waals surface area contributed by atoms with Crippen LogP contribution >= 0.6 is 23.1 Å². The average molecular weight is 326 g/mol. The van der Waals surface area contributed by atoms with E-state index in [0.717, 1.165) is 17.2 Å². The molecule has 1 unspecified atom stereocenters. The van der Waals surface area contributed by atoms with Crippen molar-refractivity contribution in [3.8, 4) is 0 Å². The van der Waals surface area contributed by atoms with Crippen LogP contribution in [0.5, 0.6) is 0 Å². The fraction of sp³-hybridized carbons (Fsp3) is 0.462. The molecule has 0 bridgehead atoms. The number of anilines is 1. The molecule has 2 heterocycles. The lowest BCUT2D eigenvalue weighted by Gasteiger charge is -2.17. The number of methoxy groups -OCH3 is 1. The molecule has 1 N–H and O–H groups in total. The zero-order chi connectivity index (χ0) is 15.1. The van der Waals surface area contributed by atoms with Gasteiger partial charge in [0.05, 0.1) is 0 Å². The molecule has 1 amide bonds. The predicted molar refractivity (Wildman–Crippen MR) is 85.7 cm³/mol. The minimum absolute atomic E-state index is 0.0691. The standard InChI is InChI=1S/C13H18N4O2S2/c1-19-9-11-15-16-13(21-11)14-12(18)10(5-8-20-2)17-6-3-4-7-17/h3-4,6-7,10H,5,8-9H2,1-2H3,(H,14,16,18). The fourth-order valence-electron chi connectivity index (χ4n) is 1.88. The molecule has 0 aliphatic carbocycles. The fourth-order valence-corrected chi connectivity index (χ4v) is 3.05. The van der Waals surface area contributed by atoms with Gasteiger partial charge in [-0.05, 0) is 30.6 Å². The summed E-state index contributed by atoms with van der Waals surface area (Å²) in [5.74, 6) is 0.849. The van der Waals surface area contributed by atoms with Crippen molar-refractivity contribution in [2.45, 2.75) is 19.1 Å². The molecular formula is C13H18N4O2S2. The van der Waals surface area contributed by atoms with Crippen LogP contribution in [0.15, 0.2) is 24.5 Å². The number of carbonyl (C=O) groups is 1. The van der Waals surface area contributed by atoms with E-state index >= 15 is 0 Å². The second-order valence-corrected chi connectivity index (χ2v) is 6.40. The normalized spacial score (nSPS) is 12.3. The van der Waals surface area contributed by atoms with Gasteiger partial charge in [-0.2, -0.15) is 11.8 Å². The van der Waals surface area contributed by atoms with E-state index in [4.69, 9.17) is 4.74 Å². The molecule has 114 valence electrons. The molecule has 0 aliphatic heterocycles. The van der Waals surface area contributed by atoms with E-state index in [9.17, 15) is 4.79 Å². The quantitative estimate of drug-likeness (QED) is 0.807. The minimum atomic E-state index is -0.234. The number of nitrogens with zero attached hydrogens (tertiary/aromatic N) is 3. The summed E-state index contributed by atoms with van der Waals surface area (Å²) in [6.45, 7) is 0.404. The lowest BCUT2D eigenvalue weighted by Crippen LogP contribution is -2.25. The van der Waals surface area contributed by atoms with Gasteiger partial charge in [-0.1, -0.05) is 11.3 Å². The molecule has 1 atom stereocenters. The zero-order valence-electron chi connectivity index (χ0n) is 12.0. The first-order valence-corrected chi connectivity index (χ1v) is 8.69. The number of nitrogens with one attached hydrogen (secondary N) is 1. The van der Waals surface area contributed by atoms with E-state index in [2.05, 4.69) is 15.5 Å². The Morgan fingerprint density at radius 2 is 2.24 bits per heavy atom. The largest absolute Gasteiger partial charge is 0.377 e. The second kappa shape index (κ2) is 8.16. The van der Waals surface area contributed by atoms with Gasteiger partial charge in [0.25, 0.3) is 0 Å². The summed E-state index contributed by atoms with van der Waals surface area (Å²) >= 11 is 3.06. The van der Waals surface area contributed by atoms with Gasteiger partial charge in [-0.3, -0.25) is 10.1 Å². The second-order valence-electron chi connectivity index (χ2n) is 4.35. The third-order valence-electron chi connectivity index (χ3n) is 2.85. The smallest absolute Gasteiger partial charge is 0.249 e. The van der Waals surface area contributed by atoms with Crippen LogP contribution in [0.4, 0.5) is 5.13 Å². The number of hydrogen-bond donors (Lipinski definition) is 1. The van der Waals surface area contributed by atoms with Gasteiger partial charge in [0.2, 0.25) is 11.0 Å². The Kier molecular flexibility index (Phi) is 6.21. The van der Waals surface area contributed by atoms with Crippen LogP contribution in [0.2, 0.25) is 0 Å². The number of hydrogen-bond acceptors (Lipinski definition) is 6. The Morgan fingerprint density at radius 1 is 1.48 bits per heavy atom. The van der Waals surface area contributed by atoms with Crippen LogP contribution in [-0.2, 0) is 16.1 Å². The maximum absolute atomic E-state index is 12.5. The lowest BCUT2D eigenvalue weighted by molar-refractivity contribution is -0.119. The third kappa shape index (κ3) is 4.55. The molecule has 0 saturated carbocycles. The summed E-state index contributed by atoms with van der Waals surface area (Å²) < 4.78 is 6.91. The van der Waals surface area contributed by atoms with E-state index in [1.54, 1.807) is 18.9 Å². The van der Waals surface area contributed by atoms with Crippen LogP contribution in [-0.4, -0.2) is 39.8 Å². The van der Waals surface area contributed by atoms with Gasteiger partial charge >= 0.3 is 0 Å². The highest BCUT2D eigenvalue weighted by molar-refractivity contribution is 7.98. The molecule has 0 aliphatic rings. The molecule has 0 aromatic carbocycles. The first-order valence-electron chi connectivity index (χ1n) is 6.48. The van der Waals surface area contributed by atoms with Gasteiger partial charge in [0.1, 0.15) is 17.7 Å². The molecule has 2 aromatic rings. The Morgan fingerprint density at radius 3 is 2.90 bits per heavy atom. The van der Waals surface area contributed by atoms with Crippen molar-refractivity contribution in [1.82, 2.24) is 14.8 Å². The van der Waals surface area contributed by atoms with Crippen molar-refractivity contribution in [2.24, 2.45) is 0 Å². The van der Waals surface area contributed by atoms with E-state index in [-0.39, 0.29) is 11.9 Å². The summed E-state index contributed by atoms with van der Waals surface area (Å²) in [5, 5.41) is 12.0. The highest BCUT2D eigenvalue weighted by atomic mass is 32.2. The van der Waals surface area contributed by atoms with E-state index < -0.39 is 0 Å². The molecule has 21 heavy (non-hydrogen) atoms. The highest BCUT2D eigenvalue weighted by Gasteiger charge is 2.20. The van der Waals surface area contributed by atoms with Gasteiger partial charge < -0.3 is 9.30 Å². The Bertz CT molecular complexity index is 556. The maximum atomic E-state index is 12.5. The molecule has 0 fully saturated rings. The van der Waals surface area contributed by atoms with Crippen LogP contribution in [0.25, 0.3) is 0 Å². The summed E-state index contributed by atoms with van der Waals surface area (Å²) in [6, 6.07) is 3.60. The lowest BCUT2D eigenvalue weighted by atomic mass is 10.2. The van der Waals surface area contributed by atoms with Crippen LogP contribution in [0, 0.1) is 0 Å². The molecule has 2 aromatic heterocycles. The summed E-state index contributed by atoms with van der Waals surface area (Å²) in [4.78, 5) is 12.5. The SMILES string of the molecule is COCc1nnc(NC(=O)C(CCSC)n2cccc2)s1. The first-order chi connectivity index (χ1) is 10.2. The Labute approximate surface area is 131 Å². The van der Waals surface area contributed by atoms with Crippen LogP contribution in [0.3, 0.4) is 0 Å². The topological polar surface area (TPSA) is 69.0 Å². The molecule has 0 saturated heterocycles. The average Bonchev–Trinajstić information content (AvgIpc) is 3.12. The third-order valence-corrected chi connectivity index (χ3v) is 4.31. The maximum Gasteiger partial charge on any atom is 0.249 e. The monoisotopic (exact) mass is 326 g/mol. The van der Waals surface area contributed by atoms with Crippen LogP contribution < -0.4 is 5.32 Å². The Balaban J connectivity index is 2.03. The number of thioether (sulfide) groups is 1. The van der Waals surface area contributed by atoms with E-state index in [1.165, 1.54) is 11.3 Å². The van der Waals surface area contributed by atoms with Crippen molar-refractivity contribution >= 4 is 34.1 Å². The summed E-state index contributed by atoms with van der Waals surface area (Å²) in [6.07, 6.45) is 6.61. The van der Waals surface area contributed by atoms with Crippen LogP contribution in [0.1, 0.15) is 17.5 Å². The van der Waals surface area contributed by atoms with Gasteiger partial charge in [-0.25, -0.2) is 0 Å². The predicted octanol–water partition coefficient (Wildman–Crippen LogP) is 2.42. The van der Waals surface area contributed by atoms with Crippen molar-refractivity contribution in [3.05, 3.63) is 29.5 Å². The highest BCUT2D eigenvalue weighted by Crippen LogP contribution is 2.20. The number of carbonyl (C=O) groups excluding carboxylic acids is 1. The first kappa shape index (κ1) is 16.0. The van der Waals surface area contributed by atoms with Gasteiger partial charge in [-0.15, -0.1) is 10.2 Å². The molecule has 0 radical (unpaired) electrons. The Hall–Kier alpha value is -1.38. The van der Waals surface area contributed by atoms with E-state index in [0.29, 0.717) is 11.7 Å². The number of ether oxygens (including phenoxy) is 1. The molecule has 0 spiro atoms. The van der Waals surface area contributed by atoms with Gasteiger partial charge in [0, 0.05) is 19.5 Å². The molecule has 6 nitrogen and oxygen atoms in total. The number of aromatic nitrogens is 3. The molecule has 2 rings (SSSR count).